The molecule has 0 saturated heterocycles. The van der Waals surface area contributed by atoms with Crippen LogP contribution in [0.4, 0.5) is 0 Å². The van der Waals surface area contributed by atoms with Gasteiger partial charge in [0.15, 0.2) is 0 Å². The van der Waals surface area contributed by atoms with Gasteiger partial charge >= 0.3 is 0 Å². The first-order chi connectivity index (χ1) is 12.3. The number of thiocarbonyl (C=S) groups is 1. The second-order valence-corrected chi connectivity index (χ2v) is 6.86. The van der Waals surface area contributed by atoms with Crippen molar-refractivity contribution in [2.24, 2.45) is 4.99 Å². The summed E-state index contributed by atoms with van der Waals surface area (Å²) in [7, 11) is 2.11. The Morgan fingerprint density at radius 1 is 1.04 bits per heavy atom. The first kappa shape index (κ1) is 17.7. The van der Waals surface area contributed by atoms with Crippen molar-refractivity contribution in [1.29, 1.82) is 0 Å². The van der Waals surface area contributed by atoms with E-state index < -0.39 is 0 Å². The fraction of sp³-hybridized carbons (Fsp3) is 0.400. The summed E-state index contributed by atoms with van der Waals surface area (Å²) in [5, 5.41) is 0. The zero-order valence-corrected chi connectivity index (χ0v) is 15.5. The van der Waals surface area contributed by atoms with Crippen molar-refractivity contribution in [3.8, 4) is 0 Å². The third-order valence-electron chi connectivity index (χ3n) is 4.70. The average molecular weight is 353 g/mol. The highest BCUT2D eigenvalue weighted by molar-refractivity contribution is 7.80. The first-order valence-electron chi connectivity index (χ1n) is 8.88. The number of aromatic nitrogens is 2. The van der Waals surface area contributed by atoms with Gasteiger partial charge in [-0.2, -0.15) is 0 Å². The standard InChI is InChI=1S/C20H24N4S/c1-24(16-9-3-2-4-10-16)19(25)15-23-20(17-11-5-7-13-21-17)18-12-6-8-14-22-18/h5-8,11-14,16H,2-4,9-10,15H2,1H3. The Labute approximate surface area is 155 Å². The van der Waals surface area contributed by atoms with Crippen molar-refractivity contribution in [2.45, 2.75) is 38.1 Å². The van der Waals surface area contributed by atoms with Crippen LogP contribution in [0.1, 0.15) is 43.5 Å². The van der Waals surface area contributed by atoms with Crippen molar-refractivity contribution in [2.75, 3.05) is 13.6 Å². The molecule has 0 radical (unpaired) electrons. The molecule has 1 aliphatic rings. The Bertz CT molecular complexity index is 667. The van der Waals surface area contributed by atoms with Gasteiger partial charge in [0.2, 0.25) is 0 Å². The van der Waals surface area contributed by atoms with E-state index in [1.165, 1.54) is 32.1 Å². The van der Waals surface area contributed by atoms with Crippen LogP contribution < -0.4 is 0 Å². The second-order valence-electron chi connectivity index (χ2n) is 6.39. The van der Waals surface area contributed by atoms with E-state index in [1.807, 2.05) is 36.4 Å². The predicted octanol–water partition coefficient (Wildman–Crippen LogP) is 3.91. The molecule has 2 heterocycles. The van der Waals surface area contributed by atoms with Gasteiger partial charge in [-0.3, -0.25) is 15.0 Å². The van der Waals surface area contributed by atoms with Crippen LogP contribution in [-0.2, 0) is 0 Å². The van der Waals surface area contributed by atoms with Crippen LogP contribution in [0.15, 0.2) is 53.8 Å². The van der Waals surface area contributed by atoms with E-state index in [0.717, 1.165) is 22.1 Å². The van der Waals surface area contributed by atoms with Gasteiger partial charge in [0.05, 0.1) is 22.9 Å². The molecule has 2 aromatic rings. The summed E-state index contributed by atoms with van der Waals surface area (Å²) in [5.74, 6) is 0. The molecule has 0 atom stereocenters. The van der Waals surface area contributed by atoms with E-state index in [2.05, 4.69) is 21.9 Å². The largest absolute Gasteiger partial charge is 0.365 e. The van der Waals surface area contributed by atoms with Gasteiger partial charge in [0.1, 0.15) is 5.71 Å². The maximum Gasteiger partial charge on any atom is 0.109 e. The number of likely N-dealkylation sites (N-methyl/N-ethyl adjacent to an activating group) is 1. The maximum absolute atomic E-state index is 5.65. The van der Waals surface area contributed by atoms with E-state index in [-0.39, 0.29) is 0 Å². The summed E-state index contributed by atoms with van der Waals surface area (Å²) < 4.78 is 0. The van der Waals surface area contributed by atoms with Gasteiger partial charge in [-0.25, -0.2) is 0 Å². The van der Waals surface area contributed by atoms with Gasteiger partial charge in [-0.05, 0) is 37.1 Å². The van der Waals surface area contributed by atoms with Gasteiger partial charge < -0.3 is 4.90 Å². The summed E-state index contributed by atoms with van der Waals surface area (Å²) >= 11 is 5.65. The molecule has 2 aromatic heterocycles. The van der Waals surface area contributed by atoms with E-state index in [1.54, 1.807) is 12.4 Å². The van der Waals surface area contributed by atoms with Gasteiger partial charge in [0.25, 0.3) is 0 Å². The van der Waals surface area contributed by atoms with Gasteiger partial charge in [0, 0.05) is 25.5 Å². The van der Waals surface area contributed by atoms with Crippen molar-refractivity contribution < 1.29 is 0 Å². The minimum Gasteiger partial charge on any atom is -0.365 e. The third-order valence-corrected chi connectivity index (χ3v) is 5.12. The Morgan fingerprint density at radius 3 is 2.16 bits per heavy atom. The lowest BCUT2D eigenvalue weighted by Crippen LogP contribution is -2.38. The molecule has 130 valence electrons. The van der Waals surface area contributed by atoms with E-state index in [9.17, 15) is 0 Å². The van der Waals surface area contributed by atoms with Crippen LogP contribution in [0, 0.1) is 0 Å². The molecular weight excluding hydrogens is 328 g/mol. The molecule has 0 spiro atoms. The number of rotatable bonds is 5. The predicted molar refractivity (Wildman–Crippen MR) is 106 cm³/mol. The summed E-state index contributed by atoms with van der Waals surface area (Å²) in [6.07, 6.45) is 9.96. The van der Waals surface area contributed by atoms with Crippen LogP contribution in [0.3, 0.4) is 0 Å². The monoisotopic (exact) mass is 352 g/mol. The van der Waals surface area contributed by atoms with Crippen LogP contribution >= 0.6 is 12.2 Å². The van der Waals surface area contributed by atoms with E-state index >= 15 is 0 Å². The number of aliphatic imine (C=N–C) groups is 1. The van der Waals surface area contributed by atoms with E-state index in [4.69, 9.17) is 17.2 Å². The van der Waals surface area contributed by atoms with Gasteiger partial charge in [-0.15, -0.1) is 0 Å². The van der Waals surface area contributed by atoms with E-state index in [0.29, 0.717) is 12.6 Å². The van der Waals surface area contributed by atoms with Crippen molar-refractivity contribution >= 4 is 22.9 Å². The molecule has 1 fully saturated rings. The number of hydrogen-bond acceptors (Lipinski definition) is 4. The second kappa shape index (κ2) is 8.81. The Kier molecular flexibility index (Phi) is 6.23. The highest BCUT2D eigenvalue weighted by Gasteiger charge is 2.20. The fourth-order valence-corrected chi connectivity index (χ4v) is 3.44. The lowest BCUT2D eigenvalue weighted by molar-refractivity contribution is 0.280. The highest BCUT2D eigenvalue weighted by Crippen LogP contribution is 2.22. The van der Waals surface area contributed by atoms with Crippen LogP contribution in [-0.4, -0.2) is 45.2 Å². The SMILES string of the molecule is CN(C(=S)CN=C(c1ccccn1)c1ccccn1)C1CCCCC1. The molecule has 0 aliphatic heterocycles. The molecule has 3 rings (SSSR count). The lowest BCUT2D eigenvalue weighted by Gasteiger charge is -2.32. The molecule has 5 heteroatoms. The normalized spacial score (nSPS) is 14.8. The Balaban J connectivity index is 1.78. The summed E-state index contributed by atoms with van der Waals surface area (Å²) in [4.78, 5) is 16.8. The van der Waals surface area contributed by atoms with Crippen LogP contribution in [0.5, 0.6) is 0 Å². The molecule has 0 amide bonds. The zero-order valence-electron chi connectivity index (χ0n) is 14.6. The number of pyridine rings is 2. The molecular formula is C20H24N4S. The number of nitrogens with zero attached hydrogens (tertiary/aromatic N) is 4. The quantitative estimate of drug-likeness (QED) is 0.604. The molecule has 0 unspecified atom stereocenters. The first-order valence-corrected chi connectivity index (χ1v) is 9.29. The fourth-order valence-electron chi connectivity index (χ4n) is 3.23. The van der Waals surface area contributed by atoms with Crippen LogP contribution in [0.25, 0.3) is 0 Å². The molecule has 4 nitrogen and oxygen atoms in total. The molecule has 0 bridgehead atoms. The van der Waals surface area contributed by atoms with Crippen molar-refractivity contribution in [3.05, 3.63) is 60.2 Å². The average Bonchev–Trinajstić information content (AvgIpc) is 2.70. The minimum atomic E-state index is 0.491. The molecule has 1 saturated carbocycles. The van der Waals surface area contributed by atoms with Gasteiger partial charge in [-0.1, -0.05) is 43.6 Å². The summed E-state index contributed by atoms with van der Waals surface area (Å²) in [6.45, 7) is 0.491. The number of hydrogen-bond donors (Lipinski definition) is 0. The highest BCUT2D eigenvalue weighted by atomic mass is 32.1. The topological polar surface area (TPSA) is 41.4 Å². The van der Waals surface area contributed by atoms with Crippen molar-refractivity contribution in [1.82, 2.24) is 14.9 Å². The molecule has 25 heavy (non-hydrogen) atoms. The molecule has 1 aliphatic carbocycles. The lowest BCUT2D eigenvalue weighted by atomic mass is 9.94. The van der Waals surface area contributed by atoms with Crippen molar-refractivity contribution in [3.63, 3.8) is 0 Å². The zero-order chi connectivity index (χ0) is 17.5. The Hall–Kier alpha value is -2.14. The van der Waals surface area contributed by atoms with Crippen LogP contribution in [0.2, 0.25) is 0 Å². The Morgan fingerprint density at radius 2 is 1.64 bits per heavy atom. The summed E-state index contributed by atoms with van der Waals surface area (Å²) in [5.41, 5.74) is 2.44. The molecule has 0 aromatic carbocycles. The maximum atomic E-state index is 5.65. The third kappa shape index (κ3) is 4.69. The smallest absolute Gasteiger partial charge is 0.109 e. The molecule has 0 N–H and O–H groups in total. The summed E-state index contributed by atoms with van der Waals surface area (Å²) in [6, 6.07) is 12.2. The minimum absolute atomic E-state index is 0.491.